The first-order valence-corrected chi connectivity index (χ1v) is 7.17. The van der Waals surface area contributed by atoms with Crippen molar-refractivity contribution < 1.29 is 0 Å². The normalized spacial score (nSPS) is 41.3. The predicted octanol–water partition coefficient (Wildman–Crippen LogP) is 2.30. The molecule has 0 spiro atoms. The Hall–Kier alpha value is -1.19. The van der Waals surface area contributed by atoms with Crippen molar-refractivity contribution >= 4 is 5.95 Å². The summed E-state index contributed by atoms with van der Waals surface area (Å²) in [6.45, 7) is 1.91. The standard InChI is InChI=1S/C14H20N4/c1-7-16-13(18-14(15)17-7)12-10-3-8-2-9(5-10)6-11(12)4-8/h8-12H,2-6H2,1H3,(H2,15,16,17,18). The van der Waals surface area contributed by atoms with Crippen LogP contribution in [0.1, 0.15) is 49.7 Å². The van der Waals surface area contributed by atoms with Gasteiger partial charge in [0, 0.05) is 5.92 Å². The van der Waals surface area contributed by atoms with Crippen LogP contribution < -0.4 is 5.73 Å². The lowest BCUT2D eigenvalue weighted by Crippen LogP contribution is -2.44. The first kappa shape index (κ1) is 10.7. The van der Waals surface area contributed by atoms with Gasteiger partial charge < -0.3 is 5.73 Å². The van der Waals surface area contributed by atoms with Gasteiger partial charge in [0.05, 0.1) is 0 Å². The zero-order valence-corrected chi connectivity index (χ0v) is 10.8. The molecule has 0 aromatic carbocycles. The zero-order chi connectivity index (χ0) is 12.3. The minimum absolute atomic E-state index is 0.395. The van der Waals surface area contributed by atoms with Crippen LogP contribution in [0.3, 0.4) is 0 Å². The van der Waals surface area contributed by atoms with E-state index >= 15 is 0 Å². The molecule has 0 aliphatic heterocycles. The minimum atomic E-state index is 0.395. The molecule has 4 aliphatic rings. The summed E-state index contributed by atoms with van der Waals surface area (Å²) in [5.41, 5.74) is 5.79. The SMILES string of the molecule is Cc1nc(N)nc(C2C3CC4CC(C3)CC2C4)n1. The van der Waals surface area contributed by atoms with E-state index in [2.05, 4.69) is 15.0 Å². The number of nitrogen functional groups attached to an aromatic ring is 1. The average Bonchev–Trinajstić information content (AvgIpc) is 2.25. The Morgan fingerprint density at radius 1 is 0.889 bits per heavy atom. The summed E-state index contributed by atoms with van der Waals surface area (Å²) >= 11 is 0. The molecule has 1 heterocycles. The molecule has 1 aromatic rings. The van der Waals surface area contributed by atoms with E-state index in [1.54, 1.807) is 0 Å². The van der Waals surface area contributed by atoms with E-state index < -0.39 is 0 Å². The number of aryl methyl sites for hydroxylation is 1. The molecule has 5 rings (SSSR count). The largest absolute Gasteiger partial charge is 0.368 e. The Morgan fingerprint density at radius 2 is 1.50 bits per heavy atom. The summed E-state index contributed by atoms with van der Waals surface area (Å²) in [7, 11) is 0. The lowest BCUT2D eigenvalue weighted by atomic mass is 9.51. The predicted molar refractivity (Wildman–Crippen MR) is 68.8 cm³/mol. The van der Waals surface area contributed by atoms with Crippen molar-refractivity contribution in [2.24, 2.45) is 23.7 Å². The number of aromatic nitrogens is 3. The smallest absolute Gasteiger partial charge is 0.223 e. The third-order valence-corrected chi connectivity index (χ3v) is 5.31. The highest BCUT2D eigenvalue weighted by atomic mass is 15.1. The summed E-state index contributed by atoms with van der Waals surface area (Å²) in [5.74, 6) is 6.30. The van der Waals surface area contributed by atoms with Crippen LogP contribution in [0.25, 0.3) is 0 Å². The second-order valence-corrected chi connectivity index (χ2v) is 6.56. The Labute approximate surface area is 107 Å². The summed E-state index contributed by atoms with van der Waals surface area (Å²) < 4.78 is 0. The van der Waals surface area contributed by atoms with Crippen molar-refractivity contribution in [3.8, 4) is 0 Å². The van der Waals surface area contributed by atoms with Gasteiger partial charge in [0.2, 0.25) is 5.95 Å². The molecule has 18 heavy (non-hydrogen) atoms. The summed E-state index contributed by atoms with van der Waals surface area (Å²) in [4.78, 5) is 13.1. The fourth-order valence-electron chi connectivity index (χ4n) is 5.02. The lowest BCUT2D eigenvalue weighted by Gasteiger charge is -2.53. The highest BCUT2D eigenvalue weighted by Gasteiger charge is 2.49. The van der Waals surface area contributed by atoms with Gasteiger partial charge in [0.25, 0.3) is 0 Å². The summed E-state index contributed by atoms with van der Waals surface area (Å²) in [6, 6.07) is 0. The second-order valence-electron chi connectivity index (χ2n) is 6.56. The summed E-state index contributed by atoms with van der Waals surface area (Å²) in [6.07, 6.45) is 7.05. The molecule has 0 unspecified atom stereocenters. The van der Waals surface area contributed by atoms with Crippen molar-refractivity contribution in [2.75, 3.05) is 5.73 Å². The molecule has 96 valence electrons. The molecule has 0 atom stereocenters. The van der Waals surface area contributed by atoms with Crippen LogP contribution >= 0.6 is 0 Å². The third kappa shape index (κ3) is 1.54. The maximum Gasteiger partial charge on any atom is 0.223 e. The number of rotatable bonds is 1. The molecule has 1 aromatic heterocycles. The molecule has 4 heteroatoms. The average molecular weight is 244 g/mol. The highest BCUT2D eigenvalue weighted by Crippen LogP contribution is 2.59. The van der Waals surface area contributed by atoms with Gasteiger partial charge in [-0.2, -0.15) is 9.97 Å². The van der Waals surface area contributed by atoms with Gasteiger partial charge in [-0.25, -0.2) is 4.98 Å². The van der Waals surface area contributed by atoms with E-state index in [0.29, 0.717) is 11.9 Å². The van der Waals surface area contributed by atoms with Gasteiger partial charge in [0.1, 0.15) is 11.6 Å². The van der Waals surface area contributed by atoms with Crippen LogP contribution in [0.5, 0.6) is 0 Å². The highest BCUT2D eigenvalue weighted by molar-refractivity contribution is 5.20. The molecular weight excluding hydrogens is 224 g/mol. The number of hydrogen-bond acceptors (Lipinski definition) is 4. The van der Waals surface area contributed by atoms with Crippen LogP contribution in [0.2, 0.25) is 0 Å². The molecule has 0 amide bonds. The fourth-order valence-corrected chi connectivity index (χ4v) is 5.02. The lowest BCUT2D eigenvalue weighted by molar-refractivity contribution is -0.00571. The molecule has 0 saturated heterocycles. The van der Waals surface area contributed by atoms with Crippen molar-refractivity contribution in [3.63, 3.8) is 0 Å². The van der Waals surface area contributed by atoms with E-state index in [1.807, 2.05) is 6.92 Å². The Bertz CT molecular complexity index is 436. The number of anilines is 1. The number of hydrogen-bond donors (Lipinski definition) is 1. The van der Waals surface area contributed by atoms with E-state index in [9.17, 15) is 0 Å². The quantitative estimate of drug-likeness (QED) is 0.823. The van der Waals surface area contributed by atoms with E-state index in [-0.39, 0.29) is 0 Å². The molecule has 2 N–H and O–H groups in total. The molecule has 4 bridgehead atoms. The molecule has 4 fully saturated rings. The van der Waals surface area contributed by atoms with Crippen LogP contribution in [0.4, 0.5) is 5.95 Å². The Morgan fingerprint density at radius 3 is 2.06 bits per heavy atom. The monoisotopic (exact) mass is 244 g/mol. The van der Waals surface area contributed by atoms with Crippen LogP contribution in [-0.4, -0.2) is 15.0 Å². The minimum Gasteiger partial charge on any atom is -0.368 e. The molecule has 0 radical (unpaired) electrons. The molecule has 4 aliphatic carbocycles. The van der Waals surface area contributed by atoms with Gasteiger partial charge in [-0.05, 0) is 62.7 Å². The van der Waals surface area contributed by atoms with Gasteiger partial charge in [-0.3, -0.25) is 0 Å². The molecule has 4 saturated carbocycles. The third-order valence-electron chi connectivity index (χ3n) is 5.31. The Kier molecular flexibility index (Phi) is 2.17. The van der Waals surface area contributed by atoms with Crippen LogP contribution in [0.15, 0.2) is 0 Å². The molecule has 4 nitrogen and oxygen atoms in total. The van der Waals surface area contributed by atoms with Crippen molar-refractivity contribution in [3.05, 3.63) is 11.6 Å². The topological polar surface area (TPSA) is 64.7 Å². The summed E-state index contributed by atoms with van der Waals surface area (Å²) in [5, 5.41) is 0. The van der Waals surface area contributed by atoms with Crippen molar-refractivity contribution in [2.45, 2.75) is 44.9 Å². The van der Waals surface area contributed by atoms with Crippen molar-refractivity contribution in [1.29, 1.82) is 0 Å². The number of nitrogens with two attached hydrogens (primary N) is 1. The fraction of sp³-hybridized carbons (Fsp3) is 0.786. The van der Waals surface area contributed by atoms with Crippen LogP contribution in [-0.2, 0) is 0 Å². The maximum atomic E-state index is 5.79. The van der Waals surface area contributed by atoms with E-state index in [4.69, 9.17) is 5.73 Å². The van der Waals surface area contributed by atoms with Crippen molar-refractivity contribution in [1.82, 2.24) is 15.0 Å². The first-order chi connectivity index (χ1) is 8.69. The Balaban J connectivity index is 1.72. The zero-order valence-electron chi connectivity index (χ0n) is 10.8. The van der Waals surface area contributed by atoms with E-state index in [1.165, 1.54) is 32.1 Å². The second kappa shape index (κ2) is 3.65. The van der Waals surface area contributed by atoms with Gasteiger partial charge in [-0.15, -0.1) is 0 Å². The first-order valence-electron chi connectivity index (χ1n) is 7.17. The van der Waals surface area contributed by atoms with Gasteiger partial charge >= 0.3 is 0 Å². The van der Waals surface area contributed by atoms with Crippen LogP contribution in [0, 0.1) is 30.6 Å². The number of nitrogens with zero attached hydrogens (tertiary/aromatic N) is 3. The van der Waals surface area contributed by atoms with E-state index in [0.717, 1.165) is 35.3 Å². The maximum absolute atomic E-state index is 5.79. The van der Waals surface area contributed by atoms with Gasteiger partial charge in [0.15, 0.2) is 0 Å². The van der Waals surface area contributed by atoms with Gasteiger partial charge in [-0.1, -0.05) is 0 Å². The molecular formula is C14H20N4.